The van der Waals surface area contributed by atoms with Gasteiger partial charge in [0.15, 0.2) is 0 Å². The van der Waals surface area contributed by atoms with Crippen molar-refractivity contribution in [1.82, 2.24) is 4.57 Å². The number of para-hydroxylation sites is 1. The SMILES string of the molecule is CCOC(=O)c1c(-c2cccc(Cl)c2)c2ccccc2n1CCCOc1cccc2ccccc12. The van der Waals surface area contributed by atoms with E-state index in [0.29, 0.717) is 30.5 Å². The number of ether oxygens (including phenoxy) is 2. The lowest BCUT2D eigenvalue weighted by atomic mass is 10.0. The largest absolute Gasteiger partial charge is 0.493 e. The Balaban J connectivity index is 1.48. The molecule has 0 unspecified atom stereocenters. The van der Waals surface area contributed by atoms with E-state index in [9.17, 15) is 4.79 Å². The van der Waals surface area contributed by atoms with Gasteiger partial charge in [-0.05, 0) is 48.6 Å². The number of fused-ring (bicyclic) bond motifs is 2. The van der Waals surface area contributed by atoms with Gasteiger partial charge in [-0.15, -0.1) is 0 Å². The normalized spacial score (nSPS) is 11.1. The highest BCUT2D eigenvalue weighted by atomic mass is 35.5. The summed E-state index contributed by atoms with van der Waals surface area (Å²) in [6.45, 7) is 3.26. The molecule has 4 nitrogen and oxygen atoms in total. The summed E-state index contributed by atoms with van der Waals surface area (Å²) in [5.74, 6) is 0.527. The van der Waals surface area contributed by atoms with Gasteiger partial charge in [0.1, 0.15) is 11.4 Å². The molecule has 0 fully saturated rings. The number of aryl methyl sites for hydroxylation is 1. The topological polar surface area (TPSA) is 40.5 Å². The Labute approximate surface area is 209 Å². The summed E-state index contributed by atoms with van der Waals surface area (Å²) in [5.41, 5.74) is 3.26. The van der Waals surface area contributed by atoms with Crippen LogP contribution in [0.15, 0.2) is 91.0 Å². The molecule has 176 valence electrons. The lowest BCUT2D eigenvalue weighted by molar-refractivity contribution is 0.0515. The molecule has 0 aliphatic heterocycles. The number of hydrogen-bond donors (Lipinski definition) is 0. The molecule has 1 aromatic heterocycles. The third-order valence-corrected chi connectivity index (χ3v) is 6.32. The lowest BCUT2D eigenvalue weighted by Crippen LogP contribution is -2.15. The van der Waals surface area contributed by atoms with Crippen molar-refractivity contribution in [2.24, 2.45) is 0 Å². The maximum atomic E-state index is 13.2. The van der Waals surface area contributed by atoms with Crippen LogP contribution in [-0.2, 0) is 11.3 Å². The number of carbonyl (C=O) groups excluding carboxylic acids is 1. The average molecular weight is 484 g/mol. The van der Waals surface area contributed by atoms with Gasteiger partial charge >= 0.3 is 5.97 Å². The molecule has 0 radical (unpaired) electrons. The van der Waals surface area contributed by atoms with Gasteiger partial charge in [-0.25, -0.2) is 4.79 Å². The van der Waals surface area contributed by atoms with Crippen LogP contribution in [0.3, 0.4) is 0 Å². The molecular formula is C30H26ClNO3. The second-order valence-corrected chi connectivity index (χ2v) is 8.74. The molecule has 0 aliphatic carbocycles. The zero-order chi connectivity index (χ0) is 24.2. The van der Waals surface area contributed by atoms with Crippen molar-refractivity contribution in [3.8, 4) is 16.9 Å². The number of nitrogens with zero attached hydrogens (tertiary/aromatic N) is 1. The number of aromatic nitrogens is 1. The summed E-state index contributed by atoms with van der Waals surface area (Å²) in [7, 11) is 0. The second-order valence-electron chi connectivity index (χ2n) is 8.30. The van der Waals surface area contributed by atoms with Gasteiger partial charge < -0.3 is 14.0 Å². The van der Waals surface area contributed by atoms with Crippen molar-refractivity contribution in [3.63, 3.8) is 0 Å². The van der Waals surface area contributed by atoms with Gasteiger partial charge in [-0.2, -0.15) is 0 Å². The van der Waals surface area contributed by atoms with Gasteiger partial charge in [0.25, 0.3) is 0 Å². The first-order valence-electron chi connectivity index (χ1n) is 11.8. The highest BCUT2D eigenvalue weighted by Crippen LogP contribution is 2.37. The molecule has 0 spiro atoms. The lowest BCUT2D eigenvalue weighted by Gasteiger charge is -2.13. The molecule has 0 N–H and O–H groups in total. The number of hydrogen-bond acceptors (Lipinski definition) is 3. The van der Waals surface area contributed by atoms with Crippen molar-refractivity contribution in [1.29, 1.82) is 0 Å². The van der Waals surface area contributed by atoms with E-state index < -0.39 is 0 Å². The summed E-state index contributed by atoms with van der Waals surface area (Å²) in [6.07, 6.45) is 0.725. The molecular weight excluding hydrogens is 458 g/mol. The number of carbonyl (C=O) groups is 1. The van der Waals surface area contributed by atoms with Crippen molar-refractivity contribution >= 4 is 39.2 Å². The summed E-state index contributed by atoms with van der Waals surface area (Å²) in [4.78, 5) is 13.2. The van der Waals surface area contributed by atoms with E-state index in [1.165, 1.54) is 0 Å². The fourth-order valence-corrected chi connectivity index (χ4v) is 4.80. The highest BCUT2D eigenvalue weighted by Gasteiger charge is 2.24. The van der Waals surface area contributed by atoms with Crippen molar-refractivity contribution in [3.05, 3.63) is 102 Å². The first-order chi connectivity index (χ1) is 17.2. The van der Waals surface area contributed by atoms with E-state index in [1.54, 1.807) is 0 Å². The van der Waals surface area contributed by atoms with Crippen LogP contribution in [0.2, 0.25) is 5.02 Å². The molecule has 1 heterocycles. The highest BCUT2D eigenvalue weighted by molar-refractivity contribution is 6.31. The zero-order valence-corrected chi connectivity index (χ0v) is 20.3. The minimum atomic E-state index is -0.339. The Morgan fingerprint density at radius 3 is 2.46 bits per heavy atom. The molecule has 0 bridgehead atoms. The van der Waals surface area contributed by atoms with E-state index in [0.717, 1.165) is 45.0 Å². The third kappa shape index (κ3) is 4.62. The van der Waals surface area contributed by atoms with Crippen LogP contribution >= 0.6 is 11.6 Å². The molecule has 35 heavy (non-hydrogen) atoms. The Morgan fingerprint density at radius 1 is 0.886 bits per heavy atom. The van der Waals surface area contributed by atoms with Gasteiger partial charge in [-0.1, -0.05) is 78.3 Å². The number of esters is 1. The zero-order valence-electron chi connectivity index (χ0n) is 19.5. The van der Waals surface area contributed by atoms with Crippen LogP contribution in [0.25, 0.3) is 32.8 Å². The fourth-order valence-electron chi connectivity index (χ4n) is 4.61. The molecule has 0 amide bonds. The van der Waals surface area contributed by atoms with Gasteiger partial charge in [0.05, 0.1) is 13.2 Å². The first kappa shape index (κ1) is 23.0. The monoisotopic (exact) mass is 483 g/mol. The van der Waals surface area contributed by atoms with Crippen molar-refractivity contribution < 1.29 is 14.3 Å². The van der Waals surface area contributed by atoms with Crippen molar-refractivity contribution in [2.75, 3.05) is 13.2 Å². The number of halogens is 1. The maximum absolute atomic E-state index is 13.2. The molecule has 5 heteroatoms. The molecule has 5 aromatic rings. The summed E-state index contributed by atoms with van der Waals surface area (Å²) in [5, 5.41) is 3.86. The van der Waals surface area contributed by atoms with E-state index >= 15 is 0 Å². The Morgan fingerprint density at radius 2 is 1.63 bits per heavy atom. The minimum absolute atomic E-state index is 0.305. The van der Waals surface area contributed by atoms with Crippen LogP contribution in [0.5, 0.6) is 5.75 Å². The van der Waals surface area contributed by atoms with Gasteiger partial charge in [-0.3, -0.25) is 0 Å². The van der Waals surface area contributed by atoms with Crippen molar-refractivity contribution in [2.45, 2.75) is 19.9 Å². The Kier molecular flexibility index (Phi) is 6.73. The van der Waals surface area contributed by atoms with Gasteiger partial charge in [0.2, 0.25) is 0 Å². The summed E-state index contributed by atoms with van der Waals surface area (Å²) in [6, 6.07) is 29.9. The third-order valence-electron chi connectivity index (χ3n) is 6.09. The number of benzene rings is 4. The van der Waals surface area contributed by atoms with E-state index in [4.69, 9.17) is 21.1 Å². The fraction of sp³-hybridized carbons (Fsp3) is 0.167. The molecule has 0 aliphatic rings. The molecule has 4 aromatic carbocycles. The van der Waals surface area contributed by atoms with Crippen LogP contribution in [0, 0.1) is 0 Å². The van der Waals surface area contributed by atoms with Crippen LogP contribution in [0.1, 0.15) is 23.8 Å². The van der Waals surface area contributed by atoms with Crippen LogP contribution in [0.4, 0.5) is 0 Å². The maximum Gasteiger partial charge on any atom is 0.355 e. The summed E-state index contributed by atoms with van der Waals surface area (Å²) >= 11 is 6.31. The van der Waals surface area contributed by atoms with E-state index in [1.807, 2.05) is 79.7 Å². The van der Waals surface area contributed by atoms with Gasteiger partial charge in [0, 0.05) is 33.4 Å². The molecule has 0 saturated heterocycles. The first-order valence-corrected chi connectivity index (χ1v) is 12.2. The van der Waals surface area contributed by atoms with Crippen LogP contribution in [-0.4, -0.2) is 23.8 Å². The summed E-state index contributed by atoms with van der Waals surface area (Å²) < 4.78 is 13.7. The standard InChI is InChI=1S/C30H26ClNO3/c1-2-34-30(33)29-28(22-12-7-13-23(31)20-22)25-15-5-6-16-26(25)32(29)18-9-19-35-27-17-8-11-21-10-3-4-14-24(21)27/h3-8,10-17,20H,2,9,18-19H2,1H3. The van der Waals surface area contributed by atoms with Crippen LogP contribution < -0.4 is 4.74 Å². The molecule has 0 atom stereocenters. The molecule has 5 rings (SSSR count). The quantitative estimate of drug-likeness (QED) is 0.167. The smallest absolute Gasteiger partial charge is 0.355 e. The Hall–Kier alpha value is -3.76. The number of rotatable bonds is 8. The minimum Gasteiger partial charge on any atom is -0.493 e. The predicted molar refractivity (Wildman–Crippen MR) is 142 cm³/mol. The Bertz CT molecular complexity index is 1500. The second kappa shape index (κ2) is 10.2. The molecule has 0 saturated carbocycles. The average Bonchev–Trinajstić information content (AvgIpc) is 3.21. The van der Waals surface area contributed by atoms with E-state index in [2.05, 4.69) is 22.8 Å². The predicted octanol–water partition coefficient (Wildman–Crippen LogP) is 7.76. The van der Waals surface area contributed by atoms with E-state index in [-0.39, 0.29) is 5.97 Å².